The molecule has 0 aliphatic heterocycles. The number of nitro benzene ring substituents is 1. The minimum atomic E-state index is -1.31. The second-order valence-electron chi connectivity index (χ2n) is 11.8. The number of rotatable bonds is 6. The molecule has 7 atom stereocenters. The molecule has 13 heteroatoms. The zero-order chi connectivity index (χ0) is 30.8. The van der Waals surface area contributed by atoms with Gasteiger partial charge in [0.1, 0.15) is 16.5 Å². The molecular formula is C29H27Cl4NO8. The van der Waals surface area contributed by atoms with Crippen molar-refractivity contribution < 1.29 is 33.6 Å². The molecule has 0 radical (unpaired) electrons. The summed E-state index contributed by atoms with van der Waals surface area (Å²) < 4.78 is 10.1. The van der Waals surface area contributed by atoms with Crippen molar-refractivity contribution in [1.29, 1.82) is 0 Å². The van der Waals surface area contributed by atoms with E-state index in [4.69, 9.17) is 55.9 Å². The smallest absolute Gasteiger partial charge is 0.429 e. The SMILES string of the molecule is C[C@]12CC(=O)[C@@]3(Cl)[C@@H](CC(Cl)C4=CC(=O)C=C[C@@]43C)[C@@H]1CC[C@@H]2C(=O)COC(=O)OCc1ccc(Cl)c(Cl)c1[N+](=O)[O-]. The Bertz CT molecular complexity index is 1480. The van der Waals surface area contributed by atoms with E-state index in [1.165, 1.54) is 24.3 Å². The third-order valence-electron chi connectivity index (χ3n) is 9.79. The molecule has 0 heterocycles. The summed E-state index contributed by atoms with van der Waals surface area (Å²) in [5, 5.41) is 10.6. The second kappa shape index (κ2) is 10.9. The van der Waals surface area contributed by atoms with Gasteiger partial charge in [0.15, 0.2) is 24.0 Å². The first-order chi connectivity index (χ1) is 19.6. The van der Waals surface area contributed by atoms with Gasteiger partial charge in [0.2, 0.25) is 0 Å². The van der Waals surface area contributed by atoms with Crippen LogP contribution in [0.3, 0.4) is 0 Å². The van der Waals surface area contributed by atoms with Crippen molar-refractivity contribution in [2.24, 2.45) is 28.6 Å². The Hall–Kier alpha value is -2.46. The number of Topliss-reactive ketones (excluding diaryl/α,β-unsaturated/α-hetero) is 2. The maximum absolute atomic E-state index is 13.9. The number of nitrogens with zero attached hydrogens (tertiary/aromatic N) is 1. The first-order valence-corrected chi connectivity index (χ1v) is 15.0. The monoisotopic (exact) mass is 657 g/mol. The van der Waals surface area contributed by atoms with Gasteiger partial charge < -0.3 is 9.47 Å². The number of alkyl halides is 2. The lowest BCUT2D eigenvalue weighted by Gasteiger charge is -2.61. The highest BCUT2D eigenvalue weighted by atomic mass is 35.5. The normalized spacial score (nSPS) is 35.0. The maximum atomic E-state index is 13.9. The number of hydrogen-bond acceptors (Lipinski definition) is 8. The summed E-state index contributed by atoms with van der Waals surface area (Å²) in [6.07, 6.45) is 4.97. The number of carbonyl (C=O) groups is 4. The highest BCUT2D eigenvalue weighted by molar-refractivity contribution is 6.43. The van der Waals surface area contributed by atoms with E-state index in [0.717, 1.165) is 0 Å². The van der Waals surface area contributed by atoms with E-state index < -0.39 is 57.0 Å². The lowest BCUT2D eigenvalue weighted by molar-refractivity contribution is -0.385. The highest BCUT2D eigenvalue weighted by Crippen LogP contribution is 2.69. The summed E-state index contributed by atoms with van der Waals surface area (Å²) in [7, 11) is 0. The number of ether oxygens (including phenoxy) is 2. The quantitative estimate of drug-likeness (QED) is 0.141. The fourth-order valence-corrected chi connectivity index (χ4v) is 9.13. The molecule has 4 aliphatic rings. The van der Waals surface area contributed by atoms with Crippen LogP contribution in [0.5, 0.6) is 0 Å². The Labute approximate surface area is 261 Å². The molecule has 0 N–H and O–H groups in total. The zero-order valence-corrected chi connectivity index (χ0v) is 25.7. The Morgan fingerprint density at radius 1 is 1.12 bits per heavy atom. The number of benzene rings is 1. The van der Waals surface area contributed by atoms with Gasteiger partial charge in [-0.2, -0.15) is 0 Å². The highest BCUT2D eigenvalue weighted by Gasteiger charge is 2.70. The molecule has 1 aromatic rings. The summed E-state index contributed by atoms with van der Waals surface area (Å²) in [5.74, 6) is -1.76. The molecule has 1 aromatic carbocycles. The molecule has 1 unspecified atom stereocenters. The minimum Gasteiger partial charge on any atom is -0.429 e. The lowest BCUT2D eigenvalue weighted by Crippen LogP contribution is -2.66. The number of hydrogen-bond donors (Lipinski definition) is 0. The van der Waals surface area contributed by atoms with E-state index in [2.05, 4.69) is 0 Å². The molecular weight excluding hydrogens is 632 g/mol. The van der Waals surface area contributed by atoms with E-state index in [9.17, 15) is 29.3 Å². The van der Waals surface area contributed by atoms with E-state index in [0.29, 0.717) is 24.8 Å². The molecule has 0 aromatic heterocycles. The summed E-state index contributed by atoms with van der Waals surface area (Å²) in [5.41, 5.74) is -1.52. The van der Waals surface area contributed by atoms with E-state index in [1.807, 2.05) is 13.8 Å². The summed E-state index contributed by atoms with van der Waals surface area (Å²) in [6, 6.07) is 2.64. The maximum Gasteiger partial charge on any atom is 0.509 e. The van der Waals surface area contributed by atoms with Crippen molar-refractivity contribution in [3.8, 4) is 0 Å². The number of carbonyl (C=O) groups excluding carboxylic acids is 4. The Morgan fingerprint density at radius 2 is 1.83 bits per heavy atom. The van der Waals surface area contributed by atoms with Crippen LogP contribution in [0.4, 0.5) is 10.5 Å². The third kappa shape index (κ3) is 4.68. The Balaban J connectivity index is 1.27. The molecule has 5 rings (SSSR count). The van der Waals surface area contributed by atoms with Gasteiger partial charge in [-0.1, -0.05) is 43.1 Å². The van der Waals surface area contributed by atoms with Crippen molar-refractivity contribution in [1.82, 2.24) is 0 Å². The van der Waals surface area contributed by atoms with Crippen molar-refractivity contribution >= 4 is 75.6 Å². The fourth-order valence-electron chi connectivity index (χ4n) is 7.76. The van der Waals surface area contributed by atoms with Crippen molar-refractivity contribution in [3.63, 3.8) is 0 Å². The van der Waals surface area contributed by atoms with Crippen LogP contribution in [-0.4, -0.2) is 45.3 Å². The molecule has 3 fully saturated rings. The van der Waals surface area contributed by atoms with Gasteiger partial charge in [-0.3, -0.25) is 24.5 Å². The van der Waals surface area contributed by atoms with E-state index >= 15 is 0 Å². The van der Waals surface area contributed by atoms with Crippen molar-refractivity contribution in [3.05, 3.63) is 61.7 Å². The summed E-state index contributed by atoms with van der Waals surface area (Å²) in [6.45, 7) is 2.64. The summed E-state index contributed by atoms with van der Waals surface area (Å²) in [4.78, 5) is 61.0. The average molecular weight is 659 g/mol. The van der Waals surface area contributed by atoms with Crippen molar-refractivity contribution in [2.45, 2.75) is 56.4 Å². The number of halogens is 4. The average Bonchev–Trinajstić information content (AvgIpc) is 3.27. The zero-order valence-electron chi connectivity index (χ0n) is 22.7. The van der Waals surface area contributed by atoms with Gasteiger partial charge in [-0.25, -0.2) is 4.79 Å². The molecule has 0 amide bonds. The molecule has 9 nitrogen and oxygen atoms in total. The van der Waals surface area contributed by atoms with Crippen LogP contribution in [0.15, 0.2) is 35.9 Å². The van der Waals surface area contributed by atoms with E-state index in [-0.39, 0.29) is 51.2 Å². The van der Waals surface area contributed by atoms with Crippen molar-refractivity contribution in [2.75, 3.05) is 6.61 Å². The van der Waals surface area contributed by atoms with Gasteiger partial charge >= 0.3 is 6.16 Å². The largest absolute Gasteiger partial charge is 0.509 e. The number of nitro groups is 1. The second-order valence-corrected chi connectivity index (χ2v) is 13.7. The van der Waals surface area contributed by atoms with Crippen LogP contribution < -0.4 is 0 Å². The predicted octanol–water partition coefficient (Wildman–Crippen LogP) is 6.81. The molecule has 224 valence electrons. The molecule has 3 saturated carbocycles. The number of allylic oxidation sites excluding steroid dienone is 4. The van der Waals surface area contributed by atoms with Gasteiger partial charge in [0.05, 0.1) is 20.9 Å². The standard InChI is InChI=1S/C29H27Cl4NO8/c1-27-11-23(37)29(33)18(10-21(31)19-9-15(35)7-8-28(19,29)2)16(27)4-5-17(27)22(36)13-42-26(38)41-12-14-3-6-20(30)24(32)25(14)34(39)40/h3,6-9,16-18,21H,4-5,10-13H2,1-2H3/t16-,17+,18-,21?,27-,28-,29-/m0/s1. The topological polar surface area (TPSA) is 130 Å². The lowest BCUT2D eigenvalue weighted by atomic mass is 9.46. The molecule has 0 spiro atoms. The third-order valence-corrected chi connectivity index (χ3v) is 11.9. The Kier molecular flexibility index (Phi) is 8.05. The first-order valence-electron chi connectivity index (χ1n) is 13.4. The van der Waals surface area contributed by atoms with Gasteiger partial charge in [0.25, 0.3) is 5.69 Å². The first kappa shape index (κ1) is 31.0. The fraction of sp³-hybridized carbons (Fsp3) is 0.517. The molecule has 0 saturated heterocycles. The minimum absolute atomic E-state index is 0.00282. The van der Waals surface area contributed by atoms with Crippen LogP contribution in [0.2, 0.25) is 10.0 Å². The molecule has 4 aliphatic carbocycles. The van der Waals surface area contributed by atoms with Gasteiger partial charge in [-0.15, -0.1) is 23.2 Å². The molecule has 0 bridgehead atoms. The van der Waals surface area contributed by atoms with Crippen LogP contribution >= 0.6 is 46.4 Å². The van der Waals surface area contributed by atoms with Gasteiger partial charge in [0, 0.05) is 17.8 Å². The van der Waals surface area contributed by atoms with E-state index in [1.54, 1.807) is 6.08 Å². The summed E-state index contributed by atoms with van der Waals surface area (Å²) >= 11 is 25.9. The van der Waals surface area contributed by atoms with Crippen LogP contribution in [0, 0.1) is 38.7 Å². The predicted molar refractivity (Wildman–Crippen MR) is 155 cm³/mol. The Morgan fingerprint density at radius 3 is 2.52 bits per heavy atom. The van der Waals surface area contributed by atoms with Crippen LogP contribution in [-0.2, 0) is 30.5 Å². The molecule has 42 heavy (non-hydrogen) atoms. The van der Waals surface area contributed by atoms with Gasteiger partial charge in [-0.05, 0) is 66.4 Å². The van der Waals surface area contributed by atoms with Crippen LogP contribution in [0.1, 0.15) is 45.1 Å². The number of ketones is 3. The van der Waals surface area contributed by atoms with Crippen LogP contribution in [0.25, 0.3) is 0 Å². The number of fused-ring (bicyclic) bond motifs is 5.